The van der Waals surface area contributed by atoms with E-state index < -0.39 is 0 Å². The molecular formula is C33H34N4O. The van der Waals surface area contributed by atoms with Crippen LogP contribution in [0.3, 0.4) is 0 Å². The molecule has 0 bridgehead atoms. The van der Waals surface area contributed by atoms with Crippen molar-refractivity contribution in [3.05, 3.63) is 137 Å². The van der Waals surface area contributed by atoms with Crippen molar-refractivity contribution < 1.29 is 4.84 Å². The molecule has 38 heavy (non-hydrogen) atoms. The SMILES string of the molecule is C1=C(c2cccc(CN3CCN(Cc4ccccc4)CC3)c2)c2cccnc2N(OCc2ccccc2)C1. The number of pyridine rings is 1. The highest BCUT2D eigenvalue weighted by atomic mass is 16.7. The number of anilines is 1. The molecule has 1 saturated heterocycles. The van der Waals surface area contributed by atoms with Gasteiger partial charge in [0.2, 0.25) is 0 Å². The zero-order valence-electron chi connectivity index (χ0n) is 21.7. The molecule has 1 fully saturated rings. The molecule has 0 aliphatic carbocycles. The van der Waals surface area contributed by atoms with Gasteiger partial charge < -0.3 is 0 Å². The summed E-state index contributed by atoms with van der Waals surface area (Å²) in [6.45, 7) is 7.62. The third-order valence-electron chi connectivity index (χ3n) is 7.36. The number of fused-ring (bicyclic) bond motifs is 1. The van der Waals surface area contributed by atoms with E-state index in [4.69, 9.17) is 4.84 Å². The van der Waals surface area contributed by atoms with Gasteiger partial charge in [0.25, 0.3) is 0 Å². The van der Waals surface area contributed by atoms with Crippen molar-refractivity contribution in [2.24, 2.45) is 0 Å². The maximum atomic E-state index is 6.17. The summed E-state index contributed by atoms with van der Waals surface area (Å²) < 4.78 is 0. The van der Waals surface area contributed by atoms with Crippen molar-refractivity contribution in [3.8, 4) is 0 Å². The fraction of sp³-hybridized carbons (Fsp3) is 0.242. The molecule has 0 spiro atoms. The van der Waals surface area contributed by atoms with E-state index >= 15 is 0 Å². The van der Waals surface area contributed by atoms with Gasteiger partial charge >= 0.3 is 0 Å². The van der Waals surface area contributed by atoms with Crippen molar-refractivity contribution in [1.29, 1.82) is 0 Å². The average Bonchev–Trinajstić information content (AvgIpc) is 2.98. The molecule has 5 heteroatoms. The Bertz CT molecular complexity index is 1360. The second kappa shape index (κ2) is 11.7. The van der Waals surface area contributed by atoms with Crippen molar-refractivity contribution in [2.45, 2.75) is 19.7 Å². The molecule has 2 aliphatic heterocycles. The lowest BCUT2D eigenvalue weighted by molar-refractivity contribution is 0.0980. The van der Waals surface area contributed by atoms with Crippen molar-refractivity contribution >= 4 is 11.4 Å². The Hall–Kier alpha value is -3.77. The molecule has 0 N–H and O–H groups in total. The second-order valence-electron chi connectivity index (χ2n) is 10.1. The second-order valence-corrected chi connectivity index (χ2v) is 10.1. The van der Waals surface area contributed by atoms with Gasteiger partial charge in [-0.1, -0.05) is 84.9 Å². The van der Waals surface area contributed by atoms with Crippen LogP contribution in [0, 0.1) is 0 Å². The Morgan fingerprint density at radius 2 is 1.32 bits per heavy atom. The normalized spacial score (nSPS) is 16.2. The smallest absolute Gasteiger partial charge is 0.160 e. The van der Waals surface area contributed by atoms with E-state index in [9.17, 15) is 0 Å². The first-order valence-corrected chi connectivity index (χ1v) is 13.5. The number of hydroxylamine groups is 1. The molecular weight excluding hydrogens is 468 g/mol. The van der Waals surface area contributed by atoms with E-state index in [0.29, 0.717) is 13.2 Å². The third kappa shape index (κ3) is 5.86. The largest absolute Gasteiger partial charge is 0.297 e. The first kappa shape index (κ1) is 24.6. The van der Waals surface area contributed by atoms with Gasteiger partial charge in [0, 0.05) is 51.0 Å². The Morgan fingerprint density at radius 1 is 0.658 bits per heavy atom. The fourth-order valence-corrected chi connectivity index (χ4v) is 5.33. The standard InChI is InChI=1S/C33H34N4O/c1-3-9-27(10-4-1)24-35-19-21-36(22-20-35)25-29-13-7-14-30(23-29)31-16-18-37(33-32(31)15-8-17-34-33)38-26-28-11-5-2-6-12-28/h1-17,23H,18-22,24-26H2. The summed E-state index contributed by atoms with van der Waals surface area (Å²) in [4.78, 5) is 16.0. The molecule has 3 heterocycles. The Balaban J connectivity index is 1.11. The minimum atomic E-state index is 0.522. The number of piperazine rings is 1. The average molecular weight is 503 g/mol. The number of aromatic nitrogens is 1. The fourth-order valence-electron chi connectivity index (χ4n) is 5.33. The molecule has 0 saturated carbocycles. The van der Waals surface area contributed by atoms with Crippen molar-refractivity contribution in [3.63, 3.8) is 0 Å². The van der Waals surface area contributed by atoms with Crippen LogP contribution in [-0.2, 0) is 24.5 Å². The molecule has 0 amide bonds. The number of hydrogen-bond donors (Lipinski definition) is 0. The summed E-state index contributed by atoms with van der Waals surface area (Å²) in [5.74, 6) is 0.876. The highest BCUT2D eigenvalue weighted by molar-refractivity contribution is 5.87. The summed E-state index contributed by atoms with van der Waals surface area (Å²) >= 11 is 0. The molecule has 0 unspecified atom stereocenters. The first-order valence-electron chi connectivity index (χ1n) is 13.5. The zero-order chi connectivity index (χ0) is 25.6. The molecule has 6 rings (SSSR count). The van der Waals surface area contributed by atoms with Crippen LogP contribution < -0.4 is 5.06 Å². The molecule has 3 aromatic carbocycles. The lowest BCUT2D eigenvalue weighted by Crippen LogP contribution is -2.45. The van der Waals surface area contributed by atoms with Gasteiger partial charge in [0.1, 0.15) is 0 Å². The van der Waals surface area contributed by atoms with Gasteiger partial charge in [0.05, 0.1) is 13.2 Å². The van der Waals surface area contributed by atoms with E-state index in [1.165, 1.54) is 22.3 Å². The van der Waals surface area contributed by atoms with Crippen LogP contribution in [0.1, 0.15) is 27.8 Å². The van der Waals surface area contributed by atoms with Crippen LogP contribution in [0.15, 0.2) is 109 Å². The molecule has 2 aliphatic rings. The molecule has 0 radical (unpaired) electrons. The van der Waals surface area contributed by atoms with E-state index in [1.807, 2.05) is 35.5 Å². The Labute approximate surface area is 225 Å². The van der Waals surface area contributed by atoms with Crippen LogP contribution in [-0.4, -0.2) is 47.5 Å². The minimum absolute atomic E-state index is 0.522. The lowest BCUT2D eigenvalue weighted by Gasteiger charge is -2.35. The maximum absolute atomic E-state index is 6.17. The van der Waals surface area contributed by atoms with Gasteiger partial charge in [-0.3, -0.25) is 14.6 Å². The molecule has 5 nitrogen and oxygen atoms in total. The van der Waals surface area contributed by atoms with Gasteiger partial charge in [-0.25, -0.2) is 10.0 Å². The summed E-state index contributed by atoms with van der Waals surface area (Å²) in [6, 6.07) is 34.2. The van der Waals surface area contributed by atoms with E-state index in [0.717, 1.165) is 56.2 Å². The molecule has 0 atom stereocenters. The van der Waals surface area contributed by atoms with Crippen LogP contribution in [0.2, 0.25) is 0 Å². The first-order chi connectivity index (χ1) is 18.8. The summed E-state index contributed by atoms with van der Waals surface area (Å²) in [5.41, 5.74) is 7.47. The Kier molecular flexibility index (Phi) is 7.59. The summed E-state index contributed by atoms with van der Waals surface area (Å²) in [5, 5.41) is 1.91. The topological polar surface area (TPSA) is 31.8 Å². The van der Waals surface area contributed by atoms with Crippen molar-refractivity contribution in [1.82, 2.24) is 14.8 Å². The Morgan fingerprint density at radius 3 is 2.05 bits per heavy atom. The van der Waals surface area contributed by atoms with Crippen LogP contribution in [0.5, 0.6) is 0 Å². The number of nitrogens with zero attached hydrogens (tertiary/aromatic N) is 4. The van der Waals surface area contributed by atoms with Gasteiger partial charge in [-0.05, 0) is 46.0 Å². The summed E-state index contributed by atoms with van der Waals surface area (Å²) in [7, 11) is 0. The third-order valence-corrected chi connectivity index (χ3v) is 7.36. The van der Waals surface area contributed by atoms with E-state index in [-0.39, 0.29) is 0 Å². The van der Waals surface area contributed by atoms with Crippen LogP contribution >= 0.6 is 0 Å². The quantitative estimate of drug-likeness (QED) is 0.305. The predicted octanol–water partition coefficient (Wildman–Crippen LogP) is 5.78. The predicted molar refractivity (Wildman–Crippen MR) is 153 cm³/mol. The number of rotatable bonds is 8. The van der Waals surface area contributed by atoms with Gasteiger partial charge in [-0.2, -0.15) is 0 Å². The maximum Gasteiger partial charge on any atom is 0.160 e. The molecule has 4 aromatic rings. The molecule has 192 valence electrons. The minimum Gasteiger partial charge on any atom is -0.297 e. The van der Waals surface area contributed by atoms with E-state index in [1.54, 1.807) is 0 Å². The van der Waals surface area contributed by atoms with Crippen LogP contribution in [0.25, 0.3) is 5.57 Å². The zero-order valence-corrected chi connectivity index (χ0v) is 21.7. The monoisotopic (exact) mass is 502 g/mol. The number of hydrogen-bond acceptors (Lipinski definition) is 5. The van der Waals surface area contributed by atoms with E-state index in [2.05, 4.69) is 93.7 Å². The van der Waals surface area contributed by atoms with Gasteiger partial charge in [-0.15, -0.1) is 0 Å². The van der Waals surface area contributed by atoms with Gasteiger partial charge in [0.15, 0.2) is 5.82 Å². The number of benzene rings is 3. The highest BCUT2D eigenvalue weighted by Gasteiger charge is 2.22. The lowest BCUT2D eigenvalue weighted by atomic mass is 9.94. The summed E-state index contributed by atoms with van der Waals surface area (Å²) in [6.07, 6.45) is 4.10. The van der Waals surface area contributed by atoms with Crippen LogP contribution in [0.4, 0.5) is 5.82 Å². The highest BCUT2D eigenvalue weighted by Crippen LogP contribution is 2.34. The molecule has 1 aromatic heterocycles. The van der Waals surface area contributed by atoms with Crippen molar-refractivity contribution in [2.75, 3.05) is 37.8 Å².